The van der Waals surface area contributed by atoms with Gasteiger partial charge in [-0.15, -0.1) is 0 Å². The molecule has 0 aromatic heterocycles. The Balaban J connectivity index is 1.96. The molecule has 0 unspecified atom stereocenters. The summed E-state index contributed by atoms with van der Waals surface area (Å²) >= 11 is 0. The van der Waals surface area contributed by atoms with Crippen molar-refractivity contribution >= 4 is 0 Å². The number of hydrogen-bond donors (Lipinski definition) is 0. The SMILES string of the molecule is COC1(OC)[C@@H]2CC[C@H]1[C@@H]1[C@H]2C1(C)C. The Kier molecular flexibility index (Phi) is 1.54. The van der Waals surface area contributed by atoms with Crippen LogP contribution in [0, 0.1) is 29.1 Å². The summed E-state index contributed by atoms with van der Waals surface area (Å²) in [6.07, 6.45) is 2.61. The van der Waals surface area contributed by atoms with Crippen molar-refractivity contribution in [1.29, 1.82) is 0 Å². The lowest BCUT2D eigenvalue weighted by atomic mass is 9.88. The van der Waals surface area contributed by atoms with Gasteiger partial charge >= 0.3 is 0 Å². The van der Waals surface area contributed by atoms with E-state index in [0.29, 0.717) is 17.3 Å². The second-order valence-corrected chi connectivity index (χ2v) is 5.79. The lowest BCUT2D eigenvalue weighted by molar-refractivity contribution is -0.247. The number of methoxy groups -OCH3 is 2. The van der Waals surface area contributed by atoms with E-state index in [1.54, 1.807) is 0 Å². The molecule has 0 radical (unpaired) electrons. The van der Waals surface area contributed by atoms with Crippen LogP contribution in [0.25, 0.3) is 0 Å². The second-order valence-electron chi connectivity index (χ2n) is 5.79. The first-order valence-corrected chi connectivity index (χ1v) is 5.70. The Labute approximate surface area is 86.0 Å². The van der Waals surface area contributed by atoms with Crippen molar-refractivity contribution in [1.82, 2.24) is 0 Å². The molecule has 0 aromatic carbocycles. The van der Waals surface area contributed by atoms with Gasteiger partial charge in [-0.3, -0.25) is 0 Å². The van der Waals surface area contributed by atoms with Gasteiger partial charge in [0.25, 0.3) is 0 Å². The first-order chi connectivity index (χ1) is 6.59. The smallest absolute Gasteiger partial charge is 0.173 e. The first-order valence-electron chi connectivity index (χ1n) is 5.70. The van der Waals surface area contributed by atoms with Gasteiger partial charge in [0.05, 0.1) is 0 Å². The Morgan fingerprint density at radius 1 is 0.929 bits per heavy atom. The first kappa shape index (κ1) is 9.17. The zero-order valence-electron chi connectivity index (χ0n) is 9.54. The Hall–Kier alpha value is -0.0800. The van der Waals surface area contributed by atoms with Crippen molar-refractivity contribution in [3.63, 3.8) is 0 Å². The van der Waals surface area contributed by atoms with E-state index in [0.717, 1.165) is 11.8 Å². The fourth-order valence-electron chi connectivity index (χ4n) is 4.84. The summed E-state index contributed by atoms with van der Waals surface area (Å²) in [6.45, 7) is 4.81. The maximum absolute atomic E-state index is 5.71. The predicted molar refractivity (Wildman–Crippen MR) is 53.7 cm³/mol. The summed E-state index contributed by atoms with van der Waals surface area (Å²) in [5.74, 6) is 2.82. The van der Waals surface area contributed by atoms with Crippen molar-refractivity contribution in [3.8, 4) is 0 Å². The van der Waals surface area contributed by atoms with Crippen molar-refractivity contribution in [2.45, 2.75) is 32.5 Å². The fraction of sp³-hybridized carbons (Fsp3) is 1.00. The zero-order valence-corrected chi connectivity index (χ0v) is 9.54. The van der Waals surface area contributed by atoms with Crippen LogP contribution in [0.1, 0.15) is 26.7 Å². The number of hydrogen-bond acceptors (Lipinski definition) is 2. The highest BCUT2D eigenvalue weighted by Gasteiger charge is 2.79. The Morgan fingerprint density at radius 3 is 1.71 bits per heavy atom. The molecule has 3 aliphatic rings. The minimum atomic E-state index is -0.217. The van der Waals surface area contributed by atoms with Gasteiger partial charge in [-0.2, -0.15) is 0 Å². The monoisotopic (exact) mass is 196 g/mol. The lowest BCUT2D eigenvalue weighted by Crippen LogP contribution is -2.43. The number of rotatable bonds is 2. The molecule has 2 heteroatoms. The molecule has 0 saturated heterocycles. The maximum Gasteiger partial charge on any atom is 0.173 e. The third-order valence-electron chi connectivity index (χ3n) is 5.32. The largest absolute Gasteiger partial charge is 0.353 e. The normalized spacial score (nSPS) is 50.6. The average molecular weight is 196 g/mol. The van der Waals surface area contributed by atoms with Gasteiger partial charge in [0.1, 0.15) is 0 Å². The molecule has 2 bridgehead atoms. The number of fused-ring (bicyclic) bond motifs is 5. The summed E-state index contributed by atoms with van der Waals surface area (Å²) in [5.41, 5.74) is 0.562. The van der Waals surface area contributed by atoms with Crippen LogP contribution in [-0.4, -0.2) is 20.0 Å². The van der Waals surface area contributed by atoms with Crippen LogP contribution >= 0.6 is 0 Å². The van der Waals surface area contributed by atoms with Crippen LogP contribution in [0.5, 0.6) is 0 Å². The van der Waals surface area contributed by atoms with E-state index in [9.17, 15) is 0 Å². The van der Waals surface area contributed by atoms with E-state index in [1.165, 1.54) is 12.8 Å². The van der Waals surface area contributed by atoms with E-state index >= 15 is 0 Å². The molecule has 80 valence electrons. The molecule has 0 heterocycles. The Bertz CT molecular complexity index is 245. The van der Waals surface area contributed by atoms with Crippen LogP contribution in [0.15, 0.2) is 0 Å². The van der Waals surface area contributed by atoms with E-state index in [-0.39, 0.29) is 5.79 Å². The van der Waals surface area contributed by atoms with Crippen molar-refractivity contribution in [2.24, 2.45) is 29.1 Å². The minimum absolute atomic E-state index is 0.217. The molecule has 0 spiro atoms. The van der Waals surface area contributed by atoms with Gasteiger partial charge < -0.3 is 9.47 Å². The maximum atomic E-state index is 5.71. The van der Waals surface area contributed by atoms with Crippen LogP contribution < -0.4 is 0 Å². The molecule has 3 aliphatic carbocycles. The molecule has 4 atom stereocenters. The summed E-state index contributed by atoms with van der Waals surface area (Å²) in [4.78, 5) is 0. The van der Waals surface area contributed by atoms with E-state index < -0.39 is 0 Å². The van der Waals surface area contributed by atoms with Crippen molar-refractivity contribution in [2.75, 3.05) is 14.2 Å². The van der Waals surface area contributed by atoms with E-state index in [2.05, 4.69) is 13.8 Å². The van der Waals surface area contributed by atoms with Crippen LogP contribution in [0.2, 0.25) is 0 Å². The third-order valence-corrected chi connectivity index (χ3v) is 5.32. The molecule has 2 nitrogen and oxygen atoms in total. The minimum Gasteiger partial charge on any atom is -0.353 e. The molecule has 3 fully saturated rings. The number of ether oxygens (including phenoxy) is 2. The molecule has 3 rings (SSSR count). The summed E-state index contributed by atoms with van der Waals surface area (Å²) < 4.78 is 11.4. The van der Waals surface area contributed by atoms with Gasteiger partial charge in [0.15, 0.2) is 5.79 Å². The molecule has 0 aliphatic heterocycles. The van der Waals surface area contributed by atoms with E-state index in [1.807, 2.05) is 14.2 Å². The standard InChI is InChI=1S/C12H20O2/c1-11(2)9-7-5-6-8(10(9)11)12(7,13-3)14-4/h7-10H,5-6H2,1-4H3/t7-,8+,9+,10-. The quantitative estimate of drug-likeness (QED) is 0.631. The molecule has 14 heavy (non-hydrogen) atoms. The van der Waals surface area contributed by atoms with E-state index in [4.69, 9.17) is 9.47 Å². The highest BCUT2D eigenvalue weighted by molar-refractivity contribution is 5.24. The lowest BCUT2D eigenvalue weighted by Gasteiger charge is -2.36. The molecule has 0 aromatic rings. The molecule has 0 N–H and O–H groups in total. The molecule has 3 saturated carbocycles. The Morgan fingerprint density at radius 2 is 1.36 bits per heavy atom. The van der Waals surface area contributed by atoms with Gasteiger partial charge in [0, 0.05) is 26.1 Å². The highest BCUT2D eigenvalue weighted by atomic mass is 16.7. The van der Waals surface area contributed by atoms with Crippen LogP contribution in [0.3, 0.4) is 0 Å². The fourth-order valence-corrected chi connectivity index (χ4v) is 4.84. The van der Waals surface area contributed by atoms with Gasteiger partial charge in [0.2, 0.25) is 0 Å². The molecular formula is C12H20O2. The summed E-state index contributed by atoms with van der Waals surface area (Å²) in [6, 6.07) is 0. The molecular weight excluding hydrogens is 176 g/mol. The summed E-state index contributed by atoms with van der Waals surface area (Å²) in [7, 11) is 3.62. The van der Waals surface area contributed by atoms with Gasteiger partial charge in [-0.25, -0.2) is 0 Å². The zero-order chi connectivity index (χ0) is 10.1. The molecule has 0 amide bonds. The van der Waals surface area contributed by atoms with Gasteiger partial charge in [-0.1, -0.05) is 13.8 Å². The second kappa shape index (κ2) is 2.35. The summed E-state index contributed by atoms with van der Waals surface area (Å²) in [5, 5.41) is 0. The third kappa shape index (κ3) is 0.704. The van der Waals surface area contributed by atoms with Crippen LogP contribution in [-0.2, 0) is 9.47 Å². The average Bonchev–Trinajstić information content (AvgIpc) is 2.57. The highest BCUT2D eigenvalue weighted by Crippen LogP contribution is 2.79. The van der Waals surface area contributed by atoms with Crippen molar-refractivity contribution < 1.29 is 9.47 Å². The topological polar surface area (TPSA) is 18.5 Å². The van der Waals surface area contributed by atoms with Crippen molar-refractivity contribution in [3.05, 3.63) is 0 Å². The van der Waals surface area contributed by atoms with Crippen LogP contribution in [0.4, 0.5) is 0 Å². The predicted octanol–water partition coefficient (Wildman–Crippen LogP) is 2.29. The van der Waals surface area contributed by atoms with Gasteiger partial charge in [-0.05, 0) is 30.1 Å².